The van der Waals surface area contributed by atoms with Gasteiger partial charge in [-0.3, -0.25) is 4.90 Å². The Morgan fingerprint density at radius 2 is 2.20 bits per heavy atom. The van der Waals surface area contributed by atoms with Crippen LogP contribution in [0, 0.1) is 11.3 Å². The van der Waals surface area contributed by atoms with Gasteiger partial charge in [0, 0.05) is 18.7 Å². The molecule has 0 saturated carbocycles. The van der Waals surface area contributed by atoms with Gasteiger partial charge >= 0.3 is 6.09 Å². The molecule has 1 amide bonds. The number of amides is 1. The molecule has 0 saturated heterocycles. The zero-order valence-corrected chi connectivity index (χ0v) is 10.6. The van der Waals surface area contributed by atoms with Gasteiger partial charge in [0.2, 0.25) is 0 Å². The lowest BCUT2D eigenvalue weighted by Crippen LogP contribution is -2.39. The number of hydrogen-bond donors (Lipinski definition) is 2. The van der Waals surface area contributed by atoms with Crippen molar-refractivity contribution in [3.05, 3.63) is 53.1 Å². The number of hydrogen-bond acceptors (Lipinski definition) is 3. The SMILES string of the molecule is N#Cc1ccc(C2c3nc[nH]c3CCN2C(=O)O)cc1. The maximum absolute atomic E-state index is 11.4. The number of aromatic amines is 1. The Labute approximate surface area is 115 Å². The molecule has 6 heteroatoms. The van der Waals surface area contributed by atoms with E-state index in [1.165, 1.54) is 4.90 Å². The lowest BCUT2D eigenvalue weighted by Gasteiger charge is -2.33. The molecular weight excluding hydrogens is 256 g/mol. The first-order valence-corrected chi connectivity index (χ1v) is 6.22. The summed E-state index contributed by atoms with van der Waals surface area (Å²) < 4.78 is 0. The van der Waals surface area contributed by atoms with E-state index in [-0.39, 0.29) is 0 Å². The van der Waals surface area contributed by atoms with Crippen LogP contribution in [0.2, 0.25) is 0 Å². The van der Waals surface area contributed by atoms with Crippen LogP contribution in [0.15, 0.2) is 30.6 Å². The monoisotopic (exact) mass is 268 g/mol. The molecular formula is C14H12N4O2. The summed E-state index contributed by atoms with van der Waals surface area (Å²) in [5.41, 5.74) is 3.08. The number of nitrogens with zero attached hydrogens (tertiary/aromatic N) is 3. The maximum atomic E-state index is 11.4. The molecule has 0 aliphatic carbocycles. The first-order valence-electron chi connectivity index (χ1n) is 6.22. The molecule has 0 spiro atoms. The minimum Gasteiger partial charge on any atom is -0.465 e. The molecule has 1 aliphatic heterocycles. The Balaban J connectivity index is 2.07. The van der Waals surface area contributed by atoms with E-state index >= 15 is 0 Å². The lowest BCUT2D eigenvalue weighted by atomic mass is 9.95. The van der Waals surface area contributed by atoms with Crippen LogP contribution < -0.4 is 0 Å². The summed E-state index contributed by atoms with van der Waals surface area (Å²) in [6.07, 6.45) is 1.26. The number of H-pyrrole nitrogens is 1. The van der Waals surface area contributed by atoms with Gasteiger partial charge in [-0.1, -0.05) is 12.1 Å². The zero-order valence-electron chi connectivity index (χ0n) is 10.6. The summed E-state index contributed by atoms with van der Waals surface area (Å²) in [6, 6.07) is 8.58. The highest BCUT2D eigenvalue weighted by atomic mass is 16.4. The molecule has 0 radical (unpaired) electrons. The molecule has 1 aliphatic rings. The van der Waals surface area contributed by atoms with E-state index in [0.717, 1.165) is 17.0 Å². The quantitative estimate of drug-likeness (QED) is 0.826. The topological polar surface area (TPSA) is 93.0 Å². The number of rotatable bonds is 1. The van der Waals surface area contributed by atoms with Crippen LogP contribution in [0.4, 0.5) is 4.79 Å². The molecule has 0 bridgehead atoms. The van der Waals surface area contributed by atoms with E-state index in [1.54, 1.807) is 30.6 Å². The third kappa shape index (κ3) is 1.89. The molecule has 1 atom stereocenters. The summed E-state index contributed by atoms with van der Waals surface area (Å²) >= 11 is 0. The second-order valence-electron chi connectivity index (χ2n) is 4.63. The van der Waals surface area contributed by atoms with Gasteiger partial charge in [-0.2, -0.15) is 5.26 Å². The van der Waals surface area contributed by atoms with Crippen molar-refractivity contribution in [3.63, 3.8) is 0 Å². The van der Waals surface area contributed by atoms with Crippen LogP contribution >= 0.6 is 0 Å². The van der Waals surface area contributed by atoms with Gasteiger partial charge in [0.15, 0.2) is 0 Å². The van der Waals surface area contributed by atoms with Crippen molar-refractivity contribution >= 4 is 6.09 Å². The third-order valence-electron chi connectivity index (χ3n) is 3.53. The van der Waals surface area contributed by atoms with Crippen molar-refractivity contribution in [3.8, 4) is 6.07 Å². The molecule has 20 heavy (non-hydrogen) atoms. The molecule has 1 aromatic carbocycles. The zero-order chi connectivity index (χ0) is 14.1. The highest BCUT2D eigenvalue weighted by Gasteiger charge is 2.33. The average Bonchev–Trinajstić information content (AvgIpc) is 2.94. The number of imidazole rings is 1. The van der Waals surface area contributed by atoms with Crippen molar-refractivity contribution < 1.29 is 9.90 Å². The molecule has 2 N–H and O–H groups in total. The maximum Gasteiger partial charge on any atom is 0.408 e. The van der Waals surface area contributed by atoms with E-state index < -0.39 is 12.1 Å². The largest absolute Gasteiger partial charge is 0.465 e. The van der Waals surface area contributed by atoms with Crippen LogP contribution in [0.5, 0.6) is 0 Å². The van der Waals surface area contributed by atoms with Gasteiger partial charge in [-0.05, 0) is 17.7 Å². The second kappa shape index (κ2) is 4.70. The molecule has 1 unspecified atom stereocenters. The van der Waals surface area contributed by atoms with Gasteiger partial charge in [0.1, 0.15) is 6.04 Å². The van der Waals surface area contributed by atoms with Gasteiger partial charge in [0.25, 0.3) is 0 Å². The number of benzene rings is 1. The Bertz CT molecular complexity index is 684. The van der Waals surface area contributed by atoms with Gasteiger partial charge in [-0.25, -0.2) is 9.78 Å². The van der Waals surface area contributed by atoms with Crippen molar-refractivity contribution in [1.29, 1.82) is 5.26 Å². The molecule has 6 nitrogen and oxygen atoms in total. The second-order valence-corrected chi connectivity index (χ2v) is 4.63. The van der Waals surface area contributed by atoms with E-state index in [4.69, 9.17) is 5.26 Å². The fourth-order valence-electron chi connectivity index (χ4n) is 2.56. The molecule has 2 heterocycles. The fraction of sp³-hybridized carbons (Fsp3) is 0.214. The average molecular weight is 268 g/mol. The number of nitrogens with one attached hydrogen (secondary N) is 1. The summed E-state index contributed by atoms with van der Waals surface area (Å²) in [4.78, 5) is 20.1. The predicted molar refractivity (Wildman–Crippen MR) is 70.0 cm³/mol. The van der Waals surface area contributed by atoms with Crippen molar-refractivity contribution in [2.75, 3.05) is 6.54 Å². The van der Waals surface area contributed by atoms with Gasteiger partial charge in [-0.15, -0.1) is 0 Å². The highest BCUT2D eigenvalue weighted by molar-refractivity contribution is 5.67. The highest BCUT2D eigenvalue weighted by Crippen LogP contribution is 2.33. The summed E-state index contributed by atoms with van der Waals surface area (Å²) in [7, 11) is 0. The Morgan fingerprint density at radius 3 is 2.85 bits per heavy atom. The predicted octanol–water partition coefficient (Wildman–Crippen LogP) is 1.91. The molecule has 2 aromatic rings. The number of fused-ring (bicyclic) bond motifs is 1. The lowest BCUT2D eigenvalue weighted by molar-refractivity contribution is 0.128. The van der Waals surface area contributed by atoms with Crippen LogP contribution in [-0.4, -0.2) is 32.6 Å². The third-order valence-corrected chi connectivity index (χ3v) is 3.53. The number of carbonyl (C=O) groups is 1. The minimum atomic E-state index is -0.965. The normalized spacial score (nSPS) is 17.4. The van der Waals surface area contributed by atoms with Gasteiger partial charge < -0.3 is 10.1 Å². The van der Waals surface area contributed by atoms with Crippen LogP contribution in [0.3, 0.4) is 0 Å². The molecule has 3 rings (SSSR count). The summed E-state index contributed by atoms with van der Waals surface area (Å²) in [5, 5.41) is 18.2. The number of nitriles is 1. The smallest absolute Gasteiger partial charge is 0.408 e. The Kier molecular flexibility index (Phi) is 2.88. The Hall–Kier alpha value is -2.81. The van der Waals surface area contributed by atoms with E-state index in [1.807, 2.05) is 0 Å². The van der Waals surface area contributed by atoms with E-state index in [9.17, 15) is 9.90 Å². The van der Waals surface area contributed by atoms with Gasteiger partial charge in [0.05, 0.1) is 23.7 Å². The Morgan fingerprint density at radius 1 is 1.45 bits per heavy atom. The molecule has 1 aromatic heterocycles. The first-order chi connectivity index (χ1) is 9.70. The minimum absolute atomic E-state index is 0.421. The van der Waals surface area contributed by atoms with Crippen LogP contribution in [-0.2, 0) is 6.42 Å². The first kappa shape index (κ1) is 12.2. The van der Waals surface area contributed by atoms with E-state index in [0.29, 0.717) is 18.5 Å². The summed E-state index contributed by atoms with van der Waals surface area (Å²) in [5.74, 6) is 0. The standard InChI is InChI=1S/C14H12N4O2/c15-7-9-1-3-10(4-2-9)13-12-11(16-8-17-12)5-6-18(13)14(19)20/h1-4,8,13H,5-6H2,(H,16,17)(H,19,20). The molecule has 0 fully saturated rings. The van der Waals surface area contributed by atoms with Crippen LogP contribution in [0.25, 0.3) is 0 Å². The summed E-state index contributed by atoms with van der Waals surface area (Å²) in [6.45, 7) is 0.426. The van der Waals surface area contributed by atoms with E-state index in [2.05, 4.69) is 16.0 Å². The van der Waals surface area contributed by atoms with Crippen LogP contribution in [0.1, 0.15) is 28.6 Å². The molecule has 100 valence electrons. The van der Waals surface area contributed by atoms with Crippen molar-refractivity contribution in [1.82, 2.24) is 14.9 Å². The van der Waals surface area contributed by atoms with Crippen molar-refractivity contribution in [2.24, 2.45) is 0 Å². The number of aromatic nitrogens is 2. The van der Waals surface area contributed by atoms with Crippen molar-refractivity contribution in [2.45, 2.75) is 12.5 Å². The number of carboxylic acid groups (broad SMARTS) is 1. The fourth-order valence-corrected chi connectivity index (χ4v) is 2.56.